The molecule has 0 amide bonds. The second-order valence-corrected chi connectivity index (χ2v) is 9.13. The average molecular weight is 433 g/mol. The molecule has 0 saturated heterocycles. The monoisotopic (exact) mass is 432 g/mol. The summed E-state index contributed by atoms with van der Waals surface area (Å²) >= 11 is 0. The molecule has 0 aliphatic heterocycles. The van der Waals surface area contributed by atoms with E-state index in [1.165, 1.54) is 0 Å². The molecule has 0 unspecified atom stereocenters. The van der Waals surface area contributed by atoms with Crippen LogP contribution in [0.15, 0.2) is 60.7 Å². The number of nitrogens with one attached hydrogen (secondary N) is 1. The third kappa shape index (κ3) is 17.6. The molecule has 2 aromatic carbocycles. The van der Waals surface area contributed by atoms with Crippen molar-refractivity contribution < 1.29 is 25.9 Å². The molecule has 0 aromatic heterocycles. The minimum Gasteiger partial charge on any atom is -0.285 e. The first-order valence-corrected chi connectivity index (χ1v) is 11.6. The standard InChI is InChI=1S/2C7H8O3S.C4H12N2/c2*8-11(9,10)6-7-4-2-1-3-5-7;1-4(2)3-6-5/h2*1-5H,6H2,(H,8,9,10);4,6H,3,5H2,1-2H3. The highest BCUT2D eigenvalue weighted by Gasteiger charge is 2.05. The Kier molecular flexibility index (Phi) is 12.5. The fourth-order valence-corrected chi connectivity index (χ4v) is 3.03. The first-order valence-electron chi connectivity index (χ1n) is 8.34. The lowest BCUT2D eigenvalue weighted by Crippen LogP contribution is -2.26. The maximum atomic E-state index is 10.4. The van der Waals surface area contributed by atoms with Gasteiger partial charge in [-0.1, -0.05) is 74.5 Å². The Balaban J connectivity index is 0.000000411. The van der Waals surface area contributed by atoms with E-state index in [1.807, 2.05) is 0 Å². The summed E-state index contributed by atoms with van der Waals surface area (Å²) in [5, 5.41) is 0. The Bertz CT molecular complexity index is 786. The predicted octanol–water partition coefficient (Wildman–Crippen LogP) is 2.25. The van der Waals surface area contributed by atoms with E-state index in [2.05, 4.69) is 19.3 Å². The minimum atomic E-state index is -3.88. The molecule has 5 N–H and O–H groups in total. The first kappa shape index (κ1) is 26.2. The van der Waals surface area contributed by atoms with Crippen molar-refractivity contribution in [1.82, 2.24) is 5.43 Å². The number of nitrogens with two attached hydrogens (primary N) is 1. The van der Waals surface area contributed by atoms with Crippen molar-refractivity contribution in [3.05, 3.63) is 71.8 Å². The van der Waals surface area contributed by atoms with Crippen LogP contribution in [0.3, 0.4) is 0 Å². The van der Waals surface area contributed by atoms with Gasteiger partial charge in [0.2, 0.25) is 0 Å². The summed E-state index contributed by atoms with van der Waals surface area (Å²) in [5.41, 5.74) is 3.75. The number of hydrogen-bond acceptors (Lipinski definition) is 6. The van der Waals surface area contributed by atoms with Crippen LogP contribution in [0.25, 0.3) is 0 Å². The topological polar surface area (TPSA) is 147 Å². The normalized spacial score (nSPS) is 11.1. The second kappa shape index (κ2) is 13.4. The number of hydrogen-bond donors (Lipinski definition) is 4. The summed E-state index contributed by atoms with van der Waals surface area (Å²) in [4.78, 5) is 0. The van der Waals surface area contributed by atoms with Gasteiger partial charge in [0.15, 0.2) is 0 Å². The number of benzene rings is 2. The fraction of sp³-hybridized carbons (Fsp3) is 0.333. The van der Waals surface area contributed by atoms with E-state index in [4.69, 9.17) is 14.9 Å². The first-order chi connectivity index (χ1) is 12.9. The Morgan fingerprint density at radius 2 is 1.11 bits per heavy atom. The van der Waals surface area contributed by atoms with E-state index in [9.17, 15) is 16.8 Å². The molecule has 28 heavy (non-hydrogen) atoms. The third-order valence-corrected chi connectivity index (χ3v) is 4.31. The summed E-state index contributed by atoms with van der Waals surface area (Å²) in [5.74, 6) is 5.02. The Hall–Kier alpha value is -1.82. The van der Waals surface area contributed by atoms with Gasteiger partial charge in [-0.3, -0.25) is 20.4 Å². The summed E-state index contributed by atoms with van der Waals surface area (Å²) in [7, 11) is -7.75. The maximum absolute atomic E-state index is 10.4. The molecule has 0 aliphatic carbocycles. The van der Waals surface area contributed by atoms with Gasteiger partial charge >= 0.3 is 0 Å². The van der Waals surface area contributed by atoms with Crippen molar-refractivity contribution in [2.45, 2.75) is 25.4 Å². The highest BCUT2D eigenvalue weighted by Crippen LogP contribution is 2.03. The van der Waals surface area contributed by atoms with Gasteiger partial charge in [0, 0.05) is 6.54 Å². The van der Waals surface area contributed by atoms with Gasteiger partial charge in [-0.05, 0) is 17.0 Å². The van der Waals surface area contributed by atoms with Crippen LogP contribution in [0.5, 0.6) is 0 Å². The Labute approximate surface area is 167 Å². The molecule has 0 fully saturated rings. The van der Waals surface area contributed by atoms with Gasteiger partial charge in [0.25, 0.3) is 20.2 Å². The van der Waals surface area contributed by atoms with Crippen LogP contribution < -0.4 is 11.3 Å². The molecular formula is C18H28N2O6S2. The fourth-order valence-electron chi connectivity index (χ4n) is 1.81. The van der Waals surface area contributed by atoms with Gasteiger partial charge in [-0.25, -0.2) is 0 Å². The van der Waals surface area contributed by atoms with Crippen molar-refractivity contribution in [3.8, 4) is 0 Å². The van der Waals surface area contributed by atoms with E-state index in [0.717, 1.165) is 6.54 Å². The van der Waals surface area contributed by atoms with Crippen molar-refractivity contribution in [2.75, 3.05) is 6.54 Å². The van der Waals surface area contributed by atoms with Gasteiger partial charge in [0.1, 0.15) is 11.5 Å². The zero-order chi connectivity index (χ0) is 21.6. The molecule has 2 aromatic rings. The molecule has 8 nitrogen and oxygen atoms in total. The van der Waals surface area contributed by atoms with Crippen LogP contribution >= 0.6 is 0 Å². The van der Waals surface area contributed by atoms with Gasteiger partial charge < -0.3 is 0 Å². The minimum absolute atomic E-state index is 0.312. The molecule has 10 heteroatoms. The van der Waals surface area contributed by atoms with Crippen LogP contribution in [-0.2, 0) is 31.7 Å². The smallest absolute Gasteiger partial charge is 0.269 e. The summed E-state index contributed by atoms with van der Waals surface area (Å²) in [6.45, 7) is 5.12. The Morgan fingerprint density at radius 3 is 1.29 bits per heavy atom. The van der Waals surface area contributed by atoms with E-state index in [0.29, 0.717) is 17.0 Å². The van der Waals surface area contributed by atoms with E-state index < -0.39 is 20.2 Å². The second-order valence-electron chi connectivity index (χ2n) is 6.23. The molecule has 0 bridgehead atoms. The largest absolute Gasteiger partial charge is 0.285 e. The zero-order valence-electron chi connectivity index (χ0n) is 15.9. The van der Waals surface area contributed by atoms with Crippen LogP contribution in [0, 0.1) is 5.92 Å². The average Bonchev–Trinajstić information content (AvgIpc) is 2.54. The summed E-state index contributed by atoms with van der Waals surface area (Å²) in [6.07, 6.45) is 0. The molecule has 0 spiro atoms. The van der Waals surface area contributed by atoms with Crippen LogP contribution in [-0.4, -0.2) is 32.5 Å². The molecule has 2 rings (SSSR count). The van der Waals surface area contributed by atoms with Crippen molar-refractivity contribution >= 4 is 20.2 Å². The van der Waals surface area contributed by atoms with Crippen LogP contribution in [0.4, 0.5) is 0 Å². The van der Waals surface area contributed by atoms with Crippen molar-refractivity contribution in [1.29, 1.82) is 0 Å². The van der Waals surface area contributed by atoms with Crippen LogP contribution in [0.1, 0.15) is 25.0 Å². The molecule has 0 saturated carbocycles. The van der Waals surface area contributed by atoms with E-state index in [-0.39, 0.29) is 11.5 Å². The number of rotatable bonds is 6. The SMILES string of the molecule is CC(C)CNN.O=S(=O)(O)Cc1ccccc1.O=S(=O)(O)Cc1ccccc1. The molecule has 0 radical (unpaired) electrons. The highest BCUT2D eigenvalue weighted by atomic mass is 32.2. The van der Waals surface area contributed by atoms with E-state index in [1.54, 1.807) is 60.7 Å². The maximum Gasteiger partial charge on any atom is 0.269 e. The van der Waals surface area contributed by atoms with E-state index >= 15 is 0 Å². The third-order valence-electron chi connectivity index (χ3n) is 2.91. The van der Waals surface area contributed by atoms with Crippen LogP contribution in [0.2, 0.25) is 0 Å². The van der Waals surface area contributed by atoms with Crippen molar-refractivity contribution in [2.24, 2.45) is 11.8 Å². The lowest BCUT2D eigenvalue weighted by Gasteiger charge is -1.98. The van der Waals surface area contributed by atoms with Crippen molar-refractivity contribution in [3.63, 3.8) is 0 Å². The molecule has 0 atom stereocenters. The zero-order valence-corrected chi connectivity index (χ0v) is 17.5. The van der Waals surface area contributed by atoms with Gasteiger partial charge in [-0.15, -0.1) is 0 Å². The lowest BCUT2D eigenvalue weighted by atomic mass is 10.2. The molecular weight excluding hydrogens is 404 g/mol. The summed E-state index contributed by atoms with van der Waals surface area (Å²) in [6, 6.07) is 17.0. The summed E-state index contributed by atoms with van der Waals surface area (Å²) < 4.78 is 58.3. The lowest BCUT2D eigenvalue weighted by molar-refractivity contribution is 0.479. The van der Waals surface area contributed by atoms with Gasteiger partial charge in [0.05, 0.1) is 0 Å². The molecule has 0 heterocycles. The molecule has 0 aliphatic rings. The molecule has 158 valence electrons. The quantitative estimate of drug-likeness (QED) is 0.309. The highest BCUT2D eigenvalue weighted by molar-refractivity contribution is 7.85. The Morgan fingerprint density at radius 1 is 0.786 bits per heavy atom. The predicted molar refractivity (Wildman–Crippen MR) is 110 cm³/mol. The van der Waals surface area contributed by atoms with Gasteiger partial charge in [-0.2, -0.15) is 16.8 Å². The number of hydrazine groups is 1.